The smallest absolute Gasteiger partial charge is 0.265 e. The summed E-state index contributed by atoms with van der Waals surface area (Å²) in [6.07, 6.45) is 1.62. The van der Waals surface area contributed by atoms with Crippen LogP contribution in [0.4, 0.5) is 0 Å². The average molecular weight is 348 g/mol. The first-order chi connectivity index (χ1) is 12.2. The molecule has 0 saturated heterocycles. The summed E-state index contributed by atoms with van der Waals surface area (Å²) in [6, 6.07) is 20.9. The number of hydrogen-bond acceptors (Lipinski definition) is 3. The molecule has 4 rings (SSSR count). The van der Waals surface area contributed by atoms with Crippen molar-refractivity contribution in [3.8, 4) is 11.3 Å². The molecule has 4 aromatic rings. The van der Waals surface area contributed by atoms with Gasteiger partial charge >= 0.3 is 0 Å². The Hall–Kier alpha value is -2.98. The second kappa shape index (κ2) is 6.49. The maximum Gasteiger partial charge on any atom is 0.293 e. The maximum absolute atomic E-state index is 12.8. The van der Waals surface area contributed by atoms with Gasteiger partial charge in [-0.3, -0.25) is 9.78 Å². The minimum Gasteiger partial charge on any atom is -0.265 e. The van der Waals surface area contributed by atoms with Crippen molar-refractivity contribution in [2.75, 3.05) is 0 Å². The van der Waals surface area contributed by atoms with Crippen molar-refractivity contribution in [3.63, 3.8) is 0 Å². The first-order valence-corrected chi connectivity index (χ1v) is 8.26. The Labute approximate surface area is 149 Å². The second-order valence-corrected chi connectivity index (χ2v) is 6.14. The Morgan fingerprint density at radius 1 is 0.960 bits per heavy atom. The summed E-state index contributed by atoms with van der Waals surface area (Å²) in [4.78, 5) is 17.1. The summed E-state index contributed by atoms with van der Waals surface area (Å²) in [5.41, 5.74) is 2.76. The molecule has 0 bridgehead atoms. The number of aromatic nitrogens is 3. The van der Waals surface area contributed by atoms with Crippen LogP contribution in [0.3, 0.4) is 0 Å². The van der Waals surface area contributed by atoms with Crippen LogP contribution < -0.4 is 5.56 Å². The van der Waals surface area contributed by atoms with Gasteiger partial charge in [-0.1, -0.05) is 54.1 Å². The first-order valence-electron chi connectivity index (χ1n) is 7.88. The van der Waals surface area contributed by atoms with Gasteiger partial charge < -0.3 is 0 Å². The van der Waals surface area contributed by atoms with Gasteiger partial charge in [0.25, 0.3) is 5.56 Å². The SMILES string of the molecule is O=c1c2ncccc2c(-c2cccc(Cl)c2)nn1Cc1ccccc1. The van der Waals surface area contributed by atoms with Crippen molar-refractivity contribution in [2.24, 2.45) is 0 Å². The molecule has 0 aliphatic rings. The molecule has 0 unspecified atom stereocenters. The van der Waals surface area contributed by atoms with Crippen molar-refractivity contribution in [1.29, 1.82) is 0 Å². The van der Waals surface area contributed by atoms with Crippen LogP contribution in [0, 0.1) is 0 Å². The number of halogens is 1. The second-order valence-electron chi connectivity index (χ2n) is 5.71. The van der Waals surface area contributed by atoms with E-state index in [0.29, 0.717) is 22.8 Å². The molecule has 4 nitrogen and oxygen atoms in total. The number of benzene rings is 2. The molecule has 0 amide bonds. The molecule has 0 atom stereocenters. The quantitative estimate of drug-likeness (QED) is 0.559. The van der Waals surface area contributed by atoms with E-state index < -0.39 is 0 Å². The van der Waals surface area contributed by atoms with Crippen LogP contribution >= 0.6 is 11.6 Å². The Kier molecular flexibility index (Phi) is 4.04. The highest BCUT2D eigenvalue weighted by atomic mass is 35.5. The third-order valence-electron chi connectivity index (χ3n) is 3.99. The van der Waals surface area contributed by atoms with E-state index in [0.717, 1.165) is 16.5 Å². The fourth-order valence-electron chi connectivity index (χ4n) is 2.82. The number of pyridine rings is 1. The van der Waals surface area contributed by atoms with Crippen molar-refractivity contribution in [1.82, 2.24) is 14.8 Å². The minimum atomic E-state index is -0.203. The van der Waals surface area contributed by atoms with Gasteiger partial charge in [-0.05, 0) is 29.8 Å². The lowest BCUT2D eigenvalue weighted by molar-refractivity contribution is 0.649. The molecule has 0 radical (unpaired) electrons. The molecular formula is C20H14ClN3O. The van der Waals surface area contributed by atoms with E-state index in [4.69, 9.17) is 11.6 Å². The van der Waals surface area contributed by atoms with Crippen LogP contribution in [-0.2, 0) is 6.54 Å². The molecule has 122 valence electrons. The Bertz CT molecular complexity index is 1110. The van der Waals surface area contributed by atoms with Crippen molar-refractivity contribution >= 4 is 22.5 Å². The largest absolute Gasteiger partial charge is 0.293 e. The molecule has 0 aliphatic heterocycles. The summed E-state index contributed by atoms with van der Waals surface area (Å²) in [6.45, 7) is 0.389. The first kappa shape index (κ1) is 15.5. The lowest BCUT2D eigenvalue weighted by Crippen LogP contribution is -2.25. The third-order valence-corrected chi connectivity index (χ3v) is 4.23. The van der Waals surface area contributed by atoms with Gasteiger partial charge in [-0.15, -0.1) is 0 Å². The number of hydrogen-bond donors (Lipinski definition) is 0. The summed E-state index contributed by atoms with van der Waals surface area (Å²) in [7, 11) is 0. The summed E-state index contributed by atoms with van der Waals surface area (Å²) < 4.78 is 1.46. The average Bonchev–Trinajstić information content (AvgIpc) is 2.65. The molecule has 25 heavy (non-hydrogen) atoms. The van der Waals surface area contributed by atoms with Crippen LogP contribution in [0.15, 0.2) is 77.7 Å². The molecule has 5 heteroatoms. The zero-order chi connectivity index (χ0) is 17.2. The van der Waals surface area contributed by atoms with Gasteiger partial charge in [0.2, 0.25) is 0 Å². The van der Waals surface area contributed by atoms with Crippen LogP contribution in [0.2, 0.25) is 5.02 Å². The lowest BCUT2D eigenvalue weighted by Gasteiger charge is -2.11. The highest BCUT2D eigenvalue weighted by molar-refractivity contribution is 6.30. The van der Waals surface area contributed by atoms with Crippen LogP contribution in [0.1, 0.15) is 5.56 Å². The molecule has 2 aromatic carbocycles. The lowest BCUT2D eigenvalue weighted by atomic mass is 10.1. The molecule has 0 N–H and O–H groups in total. The Morgan fingerprint density at radius 3 is 2.60 bits per heavy atom. The molecule has 2 aromatic heterocycles. The normalized spacial score (nSPS) is 10.9. The van der Waals surface area contributed by atoms with Crippen molar-refractivity contribution < 1.29 is 0 Å². The van der Waals surface area contributed by atoms with Crippen molar-refractivity contribution in [3.05, 3.63) is 93.9 Å². The van der Waals surface area contributed by atoms with Crippen LogP contribution in [-0.4, -0.2) is 14.8 Å². The summed E-state index contributed by atoms with van der Waals surface area (Å²) >= 11 is 6.13. The van der Waals surface area contributed by atoms with Gasteiger partial charge in [0.1, 0.15) is 11.2 Å². The molecule has 0 saturated carbocycles. The topological polar surface area (TPSA) is 47.8 Å². The fourth-order valence-corrected chi connectivity index (χ4v) is 3.01. The van der Waals surface area contributed by atoms with Gasteiger partial charge in [0, 0.05) is 22.2 Å². The van der Waals surface area contributed by atoms with E-state index in [9.17, 15) is 4.79 Å². The zero-order valence-electron chi connectivity index (χ0n) is 13.3. The number of fused-ring (bicyclic) bond motifs is 1. The predicted octanol–water partition coefficient (Wildman–Crippen LogP) is 4.16. The van der Waals surface area contributed by atoms with Gasteiger partial charge in [-0.25, -0.2) is 4.68 Å². The number of rotatable bonds is 3. The van der Waals surface area contributed by atoms with Crippen molar-refractivity contribution in [2.45, 2.75) is 6.54 Å². The Balaban J connectivity index is 1.96. The minimum absolute atomic E-state index is 0.203. The summed E-state index contributed by atoms with van der Waals surface area (Å²) in [5, 5.41) is 5.96. The highest BCUT2D eigenvalue weighted by Crippen LogP contribution is 2.26. The van der Waals surface area contributed by atoms with E-state index >= 15 is 0 Å². The van der Waals surface area contributed by atoms with Gasteiger partial charge in [0.05, 0.1) is 6.54 Å². The Morgan fingerprint density at radius 2 is 1.80 bits per heavy atom. The molecule has 0 aliphatic carbocycles. The van der Waals surface area contributed by atoms with Gasteiger partial charge in [0.15, 0.2) is 0 Å². The molecule has 2 heterocycles. The third kappa shape index (κ3) is 3.04. The van der Waals surface area contributed by atoms with E-state index in [2.05, 4.69) is 10.1 Å². The summed E-state index contributed by atoms with van der Waals surface area (Å²) in [5.74, 6) is 0. The fraction of sp³-hybridized carbons (Fsp3) is 0.0500. The zero-order valence-corrected chi connectivity index (χ0v) is 14.0. The van der Waals surface area contributed by atoms with Crippen LogP contribution in [0.5, 0.6) is 0 Å². The highest BCUT2D eigenvalue weighted by Gasteiger charge is 2.13. The maximum atomic E-state index is 12.8. The van der Waals surface area contributed by atoms with E-state index in [1.807, 2.05) is 60.7 Å². The number of nitrogens with zero attached hydrogens (tertiary/aromatic N) is 3. The van der Waals surface area contributed by atoms with Gasteiger partial charge in [-0.2, -0.15) is 5.10 Å². The molecular weight excluding hydrogens is 334 g/mol. The predicted molar refractivity (Wildman–Crippen MR) is 99.8 cm³/mol. The monoisotopic (exact) mass is 347 g/mol. The molecule has 0 fully saturated rings. The molecule has 0 spiro atoms. The van der Waals surface area contributed by atoms with E-state index in [1.165, 1.54) is 4.68 Å². The standard InChI is InChI=1S/C20H14ClN3O/c21-16-9-4-8-15(12-16)18-17-10-5-11-22-19(17)20(25)24(23-18)13-14-6-2-1-3-7-14/h1-12H,13H2. The van der Waals surface area contributed by atoms with E-state index in [-0.39, 0.29) is 5.56 Å². The van der Waals surface area contributed by atoms with Crippen LogP contribution in [0.25, 0.3) is 22.2 Å². The van der Waals surface area contributed by atoms with E-state index in [1.54, 1.807) is 12.3 Å².